The SMILES string of the molecule is C/C=C1\CC[C@H]2[C@@H]3CC[C@@H]4CC5(CC[C@]4(C)[C@H]3CC[C@]12C)OCCO5. The second kappa shape index (κ2) is 5.58. The van der Waals surface area contributed by atoms with Gasteiger partial charge in [0.15, 0.2) is 5.79 Å². The minimum Gasteiger partial charge on any atom is -0.348 e. The highest BCUT2D eigenvalue weighted by Gasteiger charge is 2.61. The highest BCUT2D eigenvalue weighted by atomic mass is 16.7. The third kappa shape index (κ3) is 2.22. The van der Waals surface area contributed by atoms with Gasteiger partial charge < -0.3 is 9.47 Å². The predicted octanol–water partition coefficient (Wildman–Crippen LogP) is 5.72. The van der Waals surface area contributed by atoms with Gasteiger partial charge in [-0.05, 0) is 86.4 Å². The molecule has 0 unspecified atom stereocenters. The monoisotopic (exact) mass is 344 g/mol. The normalized spacial score (nSPS) is 52.8. The summed E-state index contributed by atoms with van der Waals surface area (Å²) in [5, 5.41) is 0. The van der Waals surface area contributed by atoms with E-state index in [1.165, 1.54) is 44.9 Å². The highest BCUT2D eigenvalue weighted by Crippen LogP contribution is 2.68. The number of allylic oxidation sites excluding steroid dienone is 2. The van der Waals surface area contributed by atoms with Crippen molar-refractivity contribution in [2.24, 2.45) is 34.5 Å². The molecule has 25 heavy (non-hydrogen) atoms. The first-order chi connectivity index (χ1) is 12.0. The lowest BCUT2D eigenvalue weighted by atomic mass is 9.45. The summed E-state index contributed by atoms with van der Waals surface area (Å²) in [7, 11) is 0. The first-order valence-corrected chi connectivity index (χ1v) is 10.9. The van der Waals surface area contributed by atoms with Crippen LogP contribution in [0, 0.1) is 34.5 Å². The molecule has 0 aromatic heterocycles. The largest absolute Gasteiger partial charge is 0.348 e. The van der Waals surface area contributed by atoms with E-state index in [0.29, 0.717) is 10.8 Å². The summed E-state index contributed by atoms with van der Waals surface area (Å²) in [6, 6.07) is 0. The summed E-state index contributed by atoms with van der Waals surface area (Å²) in [5.74, 6) is 3.47. The van der Waals surface area contributed by atoms with Gasteiger partial charge in [0.2, 0.25) is 0 Å². The Morgan fingerprint density at radius 1 is 0.920 bits per heavy atom. The van der Waals surface area contributed by atoms with E-state index in [1.807, 2.05) is 0 Å². The summed E-state index contributed by atoms with van der Waals surface area (Å²) in [5.41, 5.74) is 2.83. The van der Waals surface area contributed by atoms with Crippen LogP contribution < -0.4 is 0 Å². The first kappa shape index (κ1) is 16.8. The van der Waals surface area contributed by atoms with Crippen molar-refractivity contribution >= 4 is 0 Å². The molecule has 5 aliphatic rings. The van der Waals surface area contributed by atoms with Crippen LogP contribution in [0.3, 0.4) is 0 Å². The fourth-order valence-electron chi connectivity index (χ4n) is 8.28. The molecule has 4 aliphatic carbocycles. The molecule has 140 valence electrons. The molecule has 2 heteroatoms. The van der Waals surface area contributed by atoms with Crippen LogP contribution in [0.5, 0.6) is 0 Å². The van der Waals surface area contributed by atoms with E-state index in [0.717, 1.165) is 49.7 Å². The van der Waals surface area contributed by atoms with E-state index in [1.54, 1.807) is 5.57 Å². The standard InChI is InChI=1S/C23H36O2/c1-4-16-6-8-19-18-7-5-17-15-23(24-13-14-25-23)12-11-22(17,3)20(18)9-10-21(16,19)2/h4,17-20H,5-15H2,1-3H3/b16-4+/t17-,18+,19+,20+,21-,22+/m1/s1. The third-order valence-electron chi connectivity index (χ3n) is 9.68. The molecule has 0 aromatic carbocycles. The molecule has 5 rings (SSSR count). The summed E-state index contributed by atoms with van der Waals surface area (Å²) in [6.45, 7) is 9.13. The summed E-state index contributed by atoms with van der Waals surface area (Å²) in [4.78, 5) is 0. The zero-order chi connectivity index (χ0) is 17.3. The molecule has 2 nitrogen and oxygen atoms in total. The Hall–Kier alpha value is -0.340. The fraction of sp³-hybridized carbons (Fsp3) is 0.913. The fourth-order valence-corrected chi connectivity index (χ4v) is 8.28. The van der Waals surface area contributed by atoms with Gasteiger partial charge in [-0.3, -0.25) is 0 Å². The average molecular weight is 345 g/mol. The number of fused-ring (bicyclic) bond motifs is 5. The molecular weight excluding hydrogens is 308 g/mol. The molecule has 0 amide bonds. The Morgan fingerprint density at radius 3 is 2.48 bits per heavy atom. The molecule has 0 aromatic rings. The molecule has 0 radical (unpaired) electrons. The molecule has 1 saturated heterocycles. The second-order valence-electron chi connectivity index (χ2n) is 10.3. The van der Waals surface area contributed by atoms with E-state index in [9.17, 15) is 0 Å². The zero-order valence-corrected chi connectivity index (χ0v) is 16.5. The van der Waals surface area contributed by atoms with Gasteiger partial charge in [0.05, 0.1) is 13.2 Å². The van der Waals surface area contributed by atoms with E-state index < -0.39 is 0 Å². The van der Waals surface area contributed by atoms with Crippen LogP contribution in [-0.4, -0.2) is 19.0 Å². The van der Waals surface area contributed by atoms with Crippen molar-refractivity contribution in [2.45, 2.75) is 84.3 Å². The van der Waals surface area contributed by atoms with Crippen molar-refractivity contribution in [1.29, 1.82) is 0 Å². The van der Waals surface area contributed by atoms with E-state index >= 15 is 0 Å². The predicted molar refractivity (Wildman–Crippen MR) is 100 cm³/mol. The minimum absolute atomic E-state index is 0.203. The van der Waals surface area contributed by atoms with Gasteiger partial charge in [-0.2, -0.15) is 0 Å². The maximum Gasteiger partial charge on any atom is 0.168 e. The third-order valence-corrected chi connectivity index (χ3v) is 9.68. The lowest BCUT2D eigenvalue weighted by Gasteiger charge is -2.61. The van der Waals surface area contributed by atoms with Crippen LogP contribution in [0.4, 0.5) is 0 Å². The van der Waals surface area contributed by atoms with Crippen LogP contribution in [-0.2, 0) is 9.47 Å². The van der Waals surface area contributed by atoms with Gasteiger partial charge in [-0.25, -0.2) is 0 Å². The first-order valence-electron chi connectivity index (χ1n) is 10.9. The van der Waals surface area contributed by atoms with E-state index in [-0.39, 0.29) is 5.79 Å². The average Bonchev–Trinajstić information content (AvgIpc) is 3.19. The lowest BCUT2D eigenvalue weighted by Crippen LogP contribution is -2.55. The van der Waals surface area contributed by atoms with Crippen molar-refractivity contribution in [2.75, 3.05) is 13.2 Å². The summed E-state index contributed by atoms with van der Waals surface area (Å²) < 4.78 is 12.2. The summed E-state index contributed by atoms with van der Waals surface area (Å²) >= 11 is 0. The molecule has 4 saturated carbocycles. The van der Waals surface area contributed by atoms with Gasteiger partial charge in [-0.1, -0.05) is 25.5 Å². The molecule has 1 aliphatic heterocycles. The number of hydrogen-bond acceptors (Lipinski definition) is 2. The van der Waals surface area contributed by atoms with Gasteiger partial charge in [0.25, 0.3) is 0 Å². The van der Waals surface area contributed by atoms with Gasteiger partial charge in [-0.15, -0.1) is 0 Å². The zero-order valence-electron chi connectivity index (χ0n) is 16.5. The molecule has 6 atom stereocenters. The van der Waals surface area contributed by atoms with E-state index in [2.05, 4.69) is 26.8 Å². The number of hydrogen-bond donors (Lipinski definition) is 0. The van der Waals surface area contributed by atoms with Crippen molar-refractivity contribution in [3.8, 4) is 0 Å². The van der Waals surface area contributed by atoms with Crippen molar-refractivity contribution in [1.82, 2.24) is 0 Å². The molecule has 1 spiro atoms. The Bertz CT molecular complexity index is 575. The summed E-state index contributed by atoms with van der Waals surface area (Å²) in [6.07, 6.45) is 14.6. The second-order valence-corrected chi connectivity index (χ2v) is 10.3. The Kier molecular flexibility index (Phi) is 3.75. The quantitative estimate of drug-likeness (QED) is 0.523. The van der Waals surface area contributed by atoms with Crippen LogP contribution in [0.15, 0.2) is 11.6 Å². The lowest BCUT2D eigenvalue weighted by molar-refractivity contribution is -0.228. The van der Waals surface area contributed by atoms with Crippen molar-refractivity contribution in [3.63, 3.8) is 0 Å². The Balaban J connectivity index is 1.41. The highest BCUT2D eigenvalue weighted by molar-refractivity contribution is 5.23. The van der Waals surface area contributed by atoms with Gasteiger partial charge in [0, 0.05) is 12.8 Å². The van der Waals surface area contributed by atoms with E-state index in [4.69, 9.17) is 9.47 Å². The van der Waals surface area contributed by atoms with Crippen LogP contribution in [0.25, 0.3) is 0 Å². The minimum atomic E-state index is -0.203. The van der Waals surface area contributed by atoms with Crippen molar-refractivity contribution < 1.29 is 9.47 Å². The molecule has 0 bridgehead atoms. The topological polar surface area (TPSA) is 18.5 Å². The smallest absolute Gasteiger partial charge is 0.168 e. The van der Waals surface area contributed by atoms with Crippen LogP contribution in [0.1, 0.15) is 78.6 Å². The maximum absolute atomic E-state index is 6.10. The number of ether oxygens (including phenoxy) is 2. The Morgan fingerprint density at radius 2 is 1.72 bits per heavy atom. The van der Waals surface area contributed by atoms with Crippen molar-refractivity contribution in [3.05, 3.63) is 11.6 Å². The molecule has 0 N–H and O–H groups in total. The Labute approximate surface area is 153 Å². The van der Waals surface area contributed by atoms with Crippen LogP contribution >= 0.6 is 0 Å². The molecule has 1 heterocycles. The molecular formula is C23H36O2. The maximum atomic E-state index is 6.10. The number of rotatable bonds is 0. The van der Waals surface area contributed by atoms with Crippen LogP contribution in [0.2, 0.25) is 0 Å². The molecule has 5 fully saturated rings. The van der Waals surface area contributed by atoms with Gasteiger partial charge >= 0.3 is 0 Å². The van der Waals surface area contributed by atoms with Gasteiger partial charge in [0.1, 0.15) is 0 Å².